The van der Waals surface area contributed by atoms with Crippen LogP contribution in [0.15, 0.2) is 51.8 Å². The number of rotatable bonds is 1. The van der Waals surface area contributed by atoms with Crippen LogP contribution in [0.1, 0.15) is 0 Å². The van der Waals surface area contributed by atoms with Crippen molar-refractivity contribution < 1.29 is 4.42 Å². The molecule has 2 aromatic heterocycles. The maximum Gasteiger partial charge on any atom is 0.193 e. The zero-order chi connectivity index (χ0) is 11.0. The number of para-hydroxylation sites is 1. The van der Waals surface area contributed by atoms with E-state index in [0.717, 1.165) is 5.30 Å². The van der Waals surface area contributed by atoms with Gasteiger partial charge >= 0.3 is 0 Å². The lowest BCUT2D eigenvalue weighted by Gasteiger charge is -1.99. The molecule has 1 aromatic carbocycles. The van der Waals surface area contributed by atoms with Crippen molar-refractivity contribution in [2.24, 2.45) is 0 Å². The fourth-order valence-electron chi connectivity index (χ4n) is 1.63. The van der Waals surface area contributed by atoms with Gasteiger partial charge in [0.05, 0.1) is 10.7 Å². The Balaban J connectivity index is 2.34. The fraction of sp³-hybridized carbons (Fsp3) is 0. The van der Waals surface area contributed by atoms with Crippen LogP contribution in [0.5, 0.6) is 0 Å². The summed E-state index contributed by atoms with van der Waals surface area (Å²) < 4.78 is 9.78. The molecule has 0 spiro atoms. The van der Waals surface area contributed by atoms with E-state index in [1.165, 1.54) is 6.07 Å². The molecular formula is C12H8NO2P. The zero-order valence-corrected chi connectivity index (χ0v) is 9.31. The van der Waals surface area contributed by atoms with Crippen molar-refractivity contribution in [1.29, 1.82) is 0 Å². The monoisotopic (exact) mass is 229 g/mol. The van der Waals surface area contributed by atoms with Gasteiger partial charge in [-0.1, -0.05) is 12.1 Å². The van der Waals surface area contributed by atoms with E-state index >= 15 is 0 Å². The number of nitrogens with zero attached hydrogens (tertiary/aromatic N) is 1. The average Bonchev–Trinajstić information content (AvgIpc) is 2.82. The van der Waals surface area contributed by atoms with Gasteiger partial charge in [0.2, 0.25) is 0 Å². The second-order valence-electron chi connectivity index (χ2n) is 3.44. The van der Waals surface area contributed by atoms with Crippen LogP contribution in [0, 0.1) is 0 Å². The van der Waals surface area contributed by atoms with Crippen LogP contribution < -0.4 is 5.43 Å². The van der Waals surface area contributed by atoms with E-state index < -0.39 is 0 Å². The van der Waals surface area contributed by atoms with Gasteiger partial charge in [-0.05, 0) is 26.6 Å². The van der Waals surface area contributed by atoms with Gasteiger partial charge in [-0.25, -0.2) is 4.75 Å². The SMILES string of the molecule is O=c1cc(-c2ccn[pH]2)oc2ccccc12. The van der Waals surface area contributed by atoms with Gasteiger partial charge in [0.15, 0.2) is 5.43 Å². The molecule has 3 nitrogen and oxygen atoms in total. The van der Waals surface area contributed by atoms with Crippen LogP contribution in [0.2, 0.25) is 0 Å². The molecule has 0 N–H and O–H groups in total. The zero-order valence-electron chi connectivity index (χ0n) is 8.31. The van der Waals surface area contributed by atoms with E-state index in [4.69, 9.17) is 4.42 Å². The summed E-state index contributed by atoms with van der Waals surface area (Å²) in [7, 11) is 0.343. The minimum atomic E-state index is -0.00514. The molecule has 3 rings (SSSR count). The summed E-state index contributed by atoms with van der Waals surface area (Å²) in [5.74, 6) is 0.625. The van der Waals surface area contributed by atoms with Crippen LogP contribution in [-0.4, -0.2) is 4.75 Å². The van der Waals surface area contributed by atoms with E-state index in [2.05, 4.69) is 4.75 Å². The first-order valence-corrected chi connectivity index (χ1v) is 5.82. The van der Waals surface area contributed by atoms with Crippen LogP contribution in [0.3, 0.4) is 0 Å². The highest BCUT2D eigenvalue weighted by atomic mass is 31.0. The first kappa shape index (κ1) is 9.37. The molecule has 0 aliphatic rings. The maximum atomic E-state index is 11.8. The van der Waals surface area contributed by atoms with Crippen LogP contribution >= 0.6 is 8.35 Å². The molecule has 0 fully saturated rings. The Kier molecular flexibility index (Phi) is 2.12. The standard InChI is InChI=1S/C12H8NO2P/c14-9-7-11(12-5-6-13-16-12)15-10-4-2-1-3-8(9)10/h1-7,16H. The normalized spacial score (nSPS) is 11.2. The number of fused-ring (bicyclic) bond motifs is 1. The molecule has 0 aliphatic carbocycles. The lowest BCUT2D eigenvalue weighted by Crippen LogP contribution is -1.99. The van der Waals surface area contributed by atoms with E-state index in [1.807, 2.05) is 18.2 Å². The van der Waals surface area contributed by atoms with Gasteiger partial charge in [-0.15, -0.1) is 0 Å². The van der Waals surface area contributed by atoms with Crippen molar-refractivity contribution in [3.8, 4) is 11.1 Å². The number of hydrogen-bond donors (Lipinski definition) is 0. The molecule has 78 valence electrons. The topological polar surface area (TPSA) is 43.1 Å². The maximum absolute atomic E-state index is 11.8. The Morgan fingerprint density at radius 1 is 1.19 bits per heavy atom. The van der Waals surface area contributed by atoms with Crippen molar-refractivity contribution in [1.82, 2.24) is 4.75 Å². The Hall–Kier alpha value is -1.86. The Morgan fingerprint density at radius 2 is 2.06 bits per heavy atom. The van der Waals surface area contributed by atoms with Crippen molar-refractivity contribution in [2.45, 2.75) is 0 Å². The van der Waals surface area contributed by atoms with Crippen LogP contribution in [0.4, 0.5) is 0 Å². The largest absolute Gasteiger partial charge is 0.455 e. The first-order chi connectivity index (χ1) is 7.84. The van der Waals surface area contributed by atoms with Gasteiger partial charge in [0.1, 0.15) is 11.3 Å². The minimum Gasteiger partial charge on any atom is -0.455 e. The van der Waals surface area contributed by atoms with Crippen LogP contribution in [0.25, 0.3) is 22.0 Å². The second-order valence-corrected chi connectivity index (χ2v) is 4.46. The molecule has 4 heteroatoms. The summed E-state index contributed by atoms with van der Waals surface area (Å²) in [6, 6.07) is 10.7. The number of aromatic nitrogens is 1. The van der Waals surface area contributed by atoms with E-state index in [9.17, 15) is 4.79 Å². The molecule has 0 aliphatic heterocycles. The number of benzene rings is 1. The first-order valence-electron chi connectivity index (χ1n) is 4.87. The predicted molar refractivity (Wildman–Crippen MR) is 65.2 cm³/mol. The van der Waals surface area contributed by atoms with Gasteiger partial charge in [0, 0.05) is 12.3 Å². The minimum absolute atomic E-state index is 0.00514. The van der Waals surface area contributed by atoms with E-state index in [-0.39, 0.29) is 5.43 Å². The molecule has 0 amide bonds. The van der Waals surface area contributed by atoms with Crippen molar-refractivity contribution in [3.63, 3.8) is 0 Å². The fourth-order valence-corrected chi connectivity index (χ4v) is 2.30. The smallest absolute Gasteiger partial charge is 0.193 e. The molecule has 3 aromatic rings. The van der Waals surface area contributed by atoms with Crippen LogP contribution in [-0.2, 0) is 0 Å². The van der Waals surface area contributed by atoms with E-state index in [0.29, 0.717) is 25.1 Å². The highest BCUT2D eigenvalue weighted by Gasteiger charge is 2.06. The second kappa shape index (κ2) is 3.62. The lowest BCUT2D eigenvalue weighted by atomic mass is 10.2. The summed E-state index contributed by atoms with van der Waals surface area (Å²) in [5.41, 5.74) is 0.622. The van der Waals surface area contributed by atoms with Crippen molar-refractivity contribution in [2.75, 3.05) is 0 Å². The molecule has 0 bridgehead atoms. The summed E-state index contributed by atoms with van der Waals surface area (Å²) in [5, 5.41) is 1.59. The molecular weight excluding hydrogens is 221 g/mol. The molecule has 2 heterocycles. The summed E-state index contributed by atoms with van der Waals surface area (Å²) in [6.45, 7) is 0. The Bertz CT molecular complexity index is 686. The summed E-state index contributed by atoms with van der Waals surface area (Å²) >= 11 is 0. The Labute approximate surface area is 92.9 Å². The van der Waals surface area contributed by atoms with Gasteiger partial charge in [-0.3, -0.25) is 4.79 Å². The summed E-state index contributed by atoms with van der Waals surface area (Å²) in [6.07, 6.45) is 1.74. The molecule has 16 heavy (non-hydrogen) atoms. The molecule has 1 atom stereocenters. The molecule has 0 saturated heterocycles. The van der Waals surface area contributed by atoms with Crippen molar-refractivity contribution in [3.05, 3.63) is 52.8 Å². The lowest BCUT2D eigenvalue weighted by molar-refractivity contribution is 0.620. The predicted octanol–water partition coefficient (Wildman–Crippen LogP) is 2.89. The highest BCUT2D eigenvalue weighted by molar-refractivity contribution is 7.29. The van der Waals surface area contributed by atoms with Crippen molar-refractivity contribution >= 4 is 19.3 Å². The van der Waals surface area contributed by atoms with Gasteiger partial charge < -0.3 is 4.42 Å². The third kappa shape index (κ3) is 1.46. The number of hydrogen-bond acceptors (Lipinski definition) is 3. The third-order valence-corrected chi connectivity index (χ3v) is 3.33. The summed E-state index contributed by atoms with van der Waals surface area (Å²) in [4.78, 5) is 11.8. The van der Waals surface area contributed by atoms with Gasteiger partial charge in [-0.2, -0.15) is 0 Å². The molecule has 0 radical (unpaired) electrons. The molecule has 0 saturated carbocycles. The quantitative estimate of drug-likeness (QED) is 0.644. The third-order valence-electron chi connectivity index (χ3n) is 2.40. The average molecular weight is 229 g/mol. The van der Waals surface area contributed by atoms with Gasteiger partial charge in [0.25, 0.3) is 0 Å². The molecule has 1 unspecified atom stereocenters. The van der Waals surface area contributed by atoms with E-state index in [1.54, 1.807) is 18.3 Å². The Morgan fingerprint density at radius 3 is 2.88 bits per heavy atom. The highest BCUT2D eigenvalue weighted by Crippen LogP contribution is 2.27.